The lowest BCUT2D eigenvalue weighted by Gasteiger charge is -2.09. The van der Waals surface area contributed by atoms with Crippen molar-refractivity contribution in [2.75, 3.05) is 17.2 Å². The fourth-order valence-electron chi connectivity index (χ4n) is 3.13. The van der Waals surface area contributed by atoms with Crippen LogP contribution < -0.4 is 10.6 Å². The summed E-state index contributed by atoms with van der Waals surface area (Å²) in [5, 5.41) is 7.34. The average Bonchev–Trinajstić information content (AvgIpc) is 2.78. The third kappa shape index (κ3) is 5.55. The maximum Gasteiger partial charge on any atom is 0.149 e. The minimum absolute atomic E-state index is 0.649. The number of nitrogens with one attached hydrogen (secondary N) is 2. The van der Waals surface area contributed by atoms with Crippen LogP contribution in [-0.4, -0.2) is 21.5 Å². The van der Waals surface area contributed by atoms with Gasteiger partial charge in [-0.15, -0.1) is 0 Å². The highest BCUT2D eigenvalue weighted by Crippen LogP contribution is 2.23. The lowest BCUT2D eigenvalue weighted by Crippen LogP contribution is -2.03. The number of rotatable bonds is 8. The molecule has 0 fully saturated rings. The summed E-state index contributed by atoms with van der Waals surface area (Å²) >= 11 is 6.05. The van der Waals surface area contributed by atoms with Gasteiger partial charge in [-0.3, -0.25) is 9.97 Å². The zero-order valence-corrected chi connectivity index (χ0v) is 17.2. The Bertz CT molecular complexity index is 1100. The molecule has 4 aromatic rings. The van der Waals surface area contributed by atoms with Gasteiger partial charge in [-0.25, -0.2) is 4.98 Å². The van der Waals surface area contributed by atoms with Crippen molar-refractivity contribution in [3.05, 3.63) is 96.0 Å². The first kappa shape index (κ1) is 19.9. The number of hydrogen-bond donors (Lipinski definition) is 2. The SMILES string of the molecule is Clc1cccc(Nc2cncc(-c3cncc(NCCCc4ccccc4)c3)n2)c1. The molecule has 0 amide bonds. The molecule has 0 bridgehead atoms. The van der Waals surface area contributed by atoms with Crippen LogP contribution >= 0.6 is 11.6 Å². The Morgan fingerprint density at radius 2 is 1.67 bits per heavy atom. The Hall–Kier alpha value is -3.44. The Balaban J connectivity index is 1.39. The first-order chi connectivity index (χ1) is 14.8. The highest BCUT2D eigenvalue weighted by atomic mass is 35.5. The maximum atomic E-state index is 6.05. The molecule has 0 saturated carbocycles. The molecule has 0 spiro atoms. The van der Waals surface area contributed by atoms with Gasteiger partial charge in [-0.2, -0.15) is 0 Å². The molecule has 5 nitrogen and oxygen atoms in total. The third-order valence-electron chi connectivity index (χ3n) is 4.58. The molecule has 2 N–H and O–H groups in total. The number of halogens is 1. The van der Waals surface area contributed by atoms with Crippen molar-refractivity contribution in [1.82, 2.24) is 15.0 Å². The van der Waals surface area contributed by atoms with E-state index < -0.39 is 0 Å². The molecule has 0 aliphatic carbocycles. The van der Waals surface area contributed by atoms with Gasteiger partial charge >= 0.3 is 0 Å². The Morgan fingerprint density at radius 1 is 0.800 bits per heavy atom. The topological polar surface area (TPSA) is 62.7 Å². The summed E-state index contributed by atoms with van der Waals surface area (Å²) in [5.74, 6) is 0.649. The van der Waals surface area contributed by atoms with Gasteiger partial charge in [0.05, 0.1) is 23.8 Å². The molecule has 150 valence electrons. The fraction of sp³-hybridized carbons (Fsp3) is 0.125. The van der Waals surface area contributed by atoms with Crippen LogP contribution in [0.1, 0.15) is 12.0 Å². The number of hydrogen-bond acceptors (Lipinski definition) is 5. The van der Waals surface area contributed by atoms with Gasteiger partial charge in [0.15, 0.2) is 0 Å². The Labute approximate surface area is 181 Å². The zero-order chi connectivity index (χ0) is 20.6. The second-order valence-corrected chi connectivity index (χ2v) is 7.34. The standard InChI is InChI=1S/C24H22ClN5/c25-20-9-4-10-21(13-20)29-24-17-27-16-23(30-24)19-12-22(15-26-14-19)28-11-5-8-18-6-2-1-3-7-18/h1-4,6-7,9-10,12-17,28H,5,8,11H2,(H,29,30). The first-order valence-corrected chi connectivity index (χ1v) is 10.2. The van der Waals surface area contributed by atoms with E-state index in [9.17, 15) is 0 Å². The summed E-state index contributed by atoms with van der Waals surface area (Å²) in [4.78, 5) is 13.3. The number of aromatic nitrogens is 3. The van der Waals surface area contributed by atoms with Crippen molar-refractivity contribution < 1.29 is 0 Å². The van der Waals surface area contributed by atoms with Crippen LogP contribution in [0.4, 0.5) is 17.2 Å². The van der Waals surface area contributed by atoms with Crippen LogP contribution in [0, 0.1) is 0 Å². The third-order valence-corrected chi connectivity index (χ3v) is 4.81. The average molecular weight is 416 g/mol. The van der Waals surface area contributed by atoms with Crippen molar-refractivity contribution in [1.29, 1.82) is 0 Å². The summed E-state index contributed by atoms with van der Waals surface area (Å²) in [6, 6.07) is 20.1. The number of nitrogens with zero attached hydrogens (tertiary/aromatic N) is 3. The van der Waals surface area contributed by atoms with Gasteiger partial charge in [0.25, 0.3) is 0 Å². The molecule has 0 atom stereocenters. The summed E-state index contributed by atoms with van der Waals surface area (Å²) in [6.07, 6.45) is 9.13. The van der Waals surface area contributed by atoms with E-state index in [0.717, 1.165) is 42.0 Å². The normalized spacial score (nSPS) is 10.6. The Morgan fingerprint density at radius 3 is 2.53 bits per heavy atom. The van der Waals surface area contributed by atoms with E-state index in [-0.39, 0.29) is 0 Å². The second kappa shape index (κ2) is 9.85. The van der Waals surface area contributed by atoms with Crippen molar-refractivity contribution >= 4 is 28.8 Å². The molecule has 2 heterocycles. The van der Waals surface area contributed by atoms with Crippen molar-refractivity contribution in [3.63, 3.8) is 0 Å². The van der Waals surface area contributed by atoms with Crippen LogP contribution in [0.5, 0.6) is 0 Å². The number of pyridine rings is 1. The zero-order valence-electron chi connectivity index (χ0n) is 16.4. The van der Waals surface area contributed by atoms with E-state index >= 15 is 0 Å². The molecule has 2 aromatic carbocycles. The monoisotopic (exact) mass is 415 g/mol. The molecular weight excluding hydrogens is 394 g/mol. The maximum absolute atomic E-state index is 6.05. The first-order valence-electron chi connectivity index (χ1n) is 9.84. The van der Waals surface area contributed by atoms with Gasteiger partial charge in [0.1, 0.15) is 5.82 Å². The van der Waals surface area contributed by atoms with E-state index in [0.29, 0.717) is 10.8 Å². The van der Waals surface area contributed by atoms with E-state index in [1.807, 2.05) is 42.6 Å². The second-order valence-electron chi connectivity index (χ2n) is 6.90. The van der Waals surface area contributed by atoms with E-state index in [2.05, 4.69) is 49.9 Å². The van der Waals surface area contributed by atoms with Crippen molar-refractivity contribution in [2.45, 2.75) is 12.8 Å². The molecule has 6 heteroatoms. The lowest BCUT2D eigenvalue weighted by atomic mass is 10.1. The van der Waals surface area contributed by atoms with Crippen LogP contribution in [0.2, 0.25) is 5.02 Å². The largest absolute Gasteiger partial charge is 0.384 e. The molecule has 0 aliphatic heterocycles. The van der Waals surface area contributed by atoms with E-state index in [1.54, 1.807) is 18.6 Å². The fourth-order valence-corrected chi connectivity index (χ4v) is 3.32. The lowest BCUT2D eigenvalue weighted by molar-refractivity contribution is 0.862. The van der Waals surface area contributed by atoms with E-state index in [4.69, 9.17) is 11.6 Å². The number of benzene rings is 2. The molecule has 0 aliphatic rings. The predicted octanol–water partition coefficient (Wildman–Crippen LogP) is 5.98. The minimum atomic E-state index is 0.649. The minimum Gasteiger partial charge on any atom is -0.384 e. The summed E-state index contributed by atoms with van der Waals surface area (Å²) in [6.45, 7) is 0.877. The van der Waals surface area contributed by atoms with Crippen molar-refractivity contribution in [3.8, 4) is 11.3 Å². The molecule has 30 heavy (non-hydrogen) atoms. The van der Waals surface area contributed by atoms with Gasteiger partial charge in [-0.05, 0) is 42.7 Å². The summed E-state index contributed by atoms with van der Waals surface area (Å²) in [5.41, 5.74) is 4.84. The van der Waals surface area contributed by atoms with Crippen LogP contribution in [0.25, 0.3) is 11.3 Å². The number of anilines is 3. The predicted molar refractivity (Wildman–Crippen MR) is 123 cm³/mol. The molecule has 0 saturated heterocycles. The van der Waals surface area contributed by atoms with E-state index in [1.165, 1.54) is 5.56 Å². The molecule has 0 unspecified atom stereocenters. The molecule has 0 radical (unpaired) electrons. The smallest absolute Gasteiger partial charge is 0.149 e. The van der Waals surface area contributed by atoms with Gasteiger partial charge in [0.2, 0.25) is 0 Å². The molecular formula is C24H22ClN5. The summed E-state index contributed by atoms with van der Waals surface area (Å²) in [7, 11) is 0. The quantitative estimate of drug-likeness (QED) is 0.346. The van der Waals surface area contributed by atoms with Crippen LogP contribution in [0.15, 0.2) is 85.5 Å². The Kier molecular flexibility index (Phi) is 6.52. The molecule has 2 aromatic heterocycles. The highest BCUT2D eigenvalue weighted by molar-refractivity contribution is 6.30. The summed E-state index contributed by atoms with van der Waals surface area (Å²) < 4.78 is 0. The van der Waals surface area contributed by atoms with Crippen LogP contribution in [0.3, 0.4) is 0 Å². The van der Waals surface area contributed by atoms with Gasteiger partial charge in [-0.1, -0.05) is 48.0 Å². The van der Waals surface area contributed by atoms with Gasteiger partial charge in [0, 0.05) is 35.2 Å². The highest BCUT2D eigenvalue weighted by Gasteiger charge is 2.05. The number of aryl methyl sites for hydroxylation is 1. The van der Waals surface area contributed by atoms with Crippen molar-refractivity contribution in [2.24, 2.45) is 0 Å². The molecule has 4 rings (SSSR count). The van der Waals surface area contributed by atoms with Gasteiger partial charge < -0.3 is 10.6 Å². The van der Waals surface area contributed by atoms with Crippen LogP contribution in [-0.2, 0) is 6.42 Å².